The Morgan fingerprint density at radius 3 is 2.15 bits per heavy atom. The van der Waals surface area contributed by atoms with Gasteiger partial charge in [0.25, 0.3) is 0 Å². The zero-order valence-corrected chi connectivity index (χ0v) is 15.2. The van der Waals surface area contributed by atoms with Crippen LogP contribution in [0.15, 0.2) is 42.5 Å². The second-order valence-electron chi connectivity index (χ2n) is 5.38. The van der Waals surface area contributed by atoms with Crippen LogP contribution in [0.4, 0.5) is 0 Å². The fourth-order valence-corrected chi connectivity index (χ4v) is 2.96. The van der Waals surface area contributed by atoms with E-state index in [1.54, 1.807) is 0 Å². The van der Waals surface area contributed by atoms with E-state index in [9.17, 15) is 0 Å². The van der Waals surface area contributed by atoms with Crippen LogP contribution in [0.5, 0.6) is 0 Å². The van der Waals surface area contributed by atoms with Crippen molar-refractivity contribution in [3.8, 4) is 0 Å². The van der Waals surface area contributed by atoms with Gasteiger partial charge in [-0.25, -0.2) is 0 Å². The highest BCUT2D eigenvalue weighted by molar-refractivity contribution is 14.1. The molecular formula is C17H17Cl2I. The van der Waals surface area contributed by atoms with Crippen LogP contribution >= 0.6 is 45.8 Å². The number of rotatable bonds is 4. The molecule has 0 aliphatic carbocycles. The lowest BCUT2D eigenvalue weighted by molar-refractivity contribution is 0.647. The number of alkyl halides is 1. The highest BCUT2D eigenvalue weighted by Crippen LogP contribution is 2.32. The summed E-state index contributed by atoms with van der Waals surface area (Å²) in [4.78, 5) is 0. The molecule has 0 spiro atoms. The molecule has 1 atom stereocenters. The van der Waals surface area contributed by atoms with Crippen LogP contribution in [0.2, 0.25) is 5.02 Å². The molecule has 0 saturated carbocycles. The Morgan fingerprint density at radius 2 is 1.60 bits per heavy atom. The predicted molar refractivity (Wildman–Crippen MR) is 96.8 cm³/mol. The van der Waals surface area contributed by atoms with Crippen LogP contribution in [-0.2, 0) is 6.42 Å². The fourth-order valence-electron chi connectivity index (χ4n) is 2.16. The summed E-state index contributed by atoms with van der Waals surface area (Å²) in [5, 5.41) is 0.600. The molecule has 0 aliphatic rings. The van der Waals surface area contributed by atoms with Gasteiger partial charge in [-0.2, -0.15) is 0 Å². The molecule has 0 fully saturated rings. The molecule has 0 aliphatic heterocycles. The van der Waals surface area contributed by atoms with Gasteiger partial charge in [-0.15, -0.1) is 11.6 Å². The van der Waals surface area contributed by atoms with Crippen molar-refractivity contribution < 1.29 is 0 Å². The van der Waals surface area contributed by atoms with Crippen molar-refractivity contribution in [2.75, 3.05) is 0 Å². The van der Waals surface area contributed by atoms with E-state index in [4.69, 9.17) is 23.2 Å². The topological polar surface area (TPSA) is 0 Å². The average Bonchev–Trinajstić information content (AvgIpc) is 2.41. The third kappa shape index (κ3) is 4.12. The summed E-state index contributed by atoms with van der Waals surface area (Å²) in [5.41, 5.74) is 3.50. The van der Waals surface area contributed by atoms with Crippen molar-refractivity contribution in [2.45, 2.75) is 25.6 Å². The SMILES string of the molecule is CC(C)Cc1ccc(C(Cl)c2ccc(I)c(Cl)c2)cc1. The van der Waals surface area contributed by atoms with Gasteiger partial charge in [-0.3, -0.25) is 0 Å². The monoisotopic (exact) mass is 418 g/mol. The van der Waals surface area contributed by atoms with Crippen LogP contribution in [0.25, 0.3) is 0 Å². The molecule has 0 nitrogen and oxygen atoms in total. The van der Waals surface area contributed by atoms with E-state index in [2.05, 4.69) is 60.7 Å². The number of hydrogen-bond acceptors (Lipinski definition) is 0. The molecule has 2 aromatic rings. The van der Waals surface area contributed by atoms with Gasteiger partial charge in [0.15, 0.2) is 0 Å². The first-order chi connectivity index (χ1) is 9.47. The van der Waals surface area contributed by atoms with E-state index in [1.807, 2.05) is 18.2 Å². The second-order valence-corrected chi connectivity index (χ2v) is 7.38. The van der Waals surface area contributed by atoms with Gasteiger partial charge < -0.3 is 0 Å². The van der Waals surface area contributed by atoms with Crippen LogP contribution in [-0.4, -0.2) is 0 Å². The van der Waals surface area contributed by atoms with Crippen molar-refractivity contribution in [1.82, 2.24) is 0 Å². The molecule has 2 aromatic carbocycles. The van der Waals surface area contributed by atoms with Gasteiger partial charge in [-0.1, -0.05) is 55.8 Å². The third-order valence-electron chi connectivity index (χ3n) is 3.15. The van der Waals surface area contributed by atoms with E-state index in [1.165, 1.54) is 5.56 Å². The zero-order chi connectivity index (χ0) is 14.7. The molecule has 0 amide bonds. The van der Waals surface area contributed by atoms with Gasteiger partial charge >= 0.3 is 0 Å². The van der Waals surface area contributed by atoms with Crippen molar-refractivity contribution in [3.63, 3.8) is 0 Å². The highest BCUT2D eigenvalue weighted by atomic mass is 127. The molecule has 0 radical (unpaired) electrons. The van der Waals surface area contributed by atoms with E-state index >= 15 is 0 Å². The molecule has 106 valence electrons. The minimum Gasteiger partial charge on any atom is -0.113 e. The van der Waals surface area contributed by atoms with Crippen LogP contribution < -0.4 is 0 Å². The normalized spacial score (nSPS) is 12.7. The summed E-state index contributed by atoms with van der Waals surface area (Å²) < 4.78 is 1.05. The largest absolute Gasteiger partial charge is 0.113 e. The molecule has 3 heteroatoms. The van der Waals surface area contributed by atoms with Crippen molar-refractivity contribution in [2.24, 2.45) is 5.92 Å². The molecule has 2 rings (SSSR count). The zero-order valence-electron chi connectivity index (χ0n) is 11.5. The highest BCUT2D eigenvalue weighted by Gasteiger charge is 2.12. The van der Waals surface area contributed by atoms with Gasteiger partial charge in [0.05, 0.1) is 10.4 Å². The van der Waals surface area contributed by atoms with E-state index in [0.29, 0.717) is 5.92 Å². The first-order valence-corrected chi connectivity index (χ1v) is 8.54. The van der Waals surface area contributed by atoms with Gasteiger partial charge in [-0.05, 0) is 63.8 Å². The van der Waals surface area contributed by atoms with E-state index < -0.39 is 0 Å². The van der Waals surface area contributed by atoms with Crippen LogP contribution in [0.1, 0.15) is 35.9 Å². The Morgan fingerprint density at radius 1 is 1.00 bits per heavy atom. The maximum atomic E-state index is 6.55. The number of benzene rings is 2. The first-order valence-electron chi connectivity index (χ1n) is 6.65. The lowest BCUT2D eigenvalue weighted by Crippen LogP contribution is -1.97. The number of halogens is 3. The van der Waals surface area contributed by atoms with Crippen molar-refractivity contribution in [3.05, 3.63) is 67.7 Å². The molecule has 0 N–H and O–H groups in total. The predicted octanol–water partition coefficient (Wildman–Crippen LogP) is 6.47. The molecule has 0 saturated heterocycles. The molecule has 0 aromatic heterocycles. The first kappa shape index (κ1) is 16.1. The van der Waals surface area contributed by atoms with Gasteiger partial charge in [0.1, 0.15) is 0 Å². The maximum Gasteiger partial charge on any atom is 0.0835 e. The Hall–Kier alpha value is -0.250. The molecule has 20 heavy (non-hydrogen) atoms. The average molecular weight is 419 g/mol. The summed E-state index contributed by atoms with van der Waals surface area (Å²) in [6, 6.07) is 14.5. The Labute approximate surface area is 144 Å². The molecule has 0 heterocycles. The standard InChI is InChI=1S/C17H17Cl2I/c1-11(2)9-12-3-5-13(6-4-12)17(19)14-7-8-16(20)15(18)10-14/h3-8,10-11,17H,9H2,1-2H3. The summed E-state index contributed by atoms with van der Waals surface area (Å²) in [5.74, 6) is 0.669. The smallest absolute Gasteiger partial charge is 0.0835 e. The van der Waals surface area contributed by atoms with Gasteiger partial charge in [0, 0.05) is 3.57 Å². The van der Waals surface area contributed by atoms with Gasteiger partial charge in [0.2, 0.25) is 0 Å². The van der Waals surface area contributed by atoms with E-state index in [-0.39, 0.29) is 5.38 Å². The second kappa shape index (κ2) is 7.15. The molecular weight excluding hydrogens is 402 g/mol. The fraction of sp³-hybridized carbons (Fsp3) is 0.294. The minimum atomic E-state index is -0.155. The van der Waals surface area contributed by atoms with Crippen LogP contribution in [0, 0.1) is 9.49 Å². The van der Waals surface area contributed by atoms with Crippen LogP contribution in [0.3, 0.4) is 0 Å². The third-order valence-corrected chi connectivity index (χ3v) is 5.23. The molecule has 0 bridgehead atoms. The lowest BCUT2D eigenvalue weighted by atomic mass is 9.99. The maximum absolute atomic E-state index is 6.55. The quantitative estimate of drug-likeness (QED) is 0.394. The van der Waals surface area contributed by atoms with Crippen molar-refractivity contribution in [1.29, 1.82) is 0 Å². The summed E-state index contributed by atoms with van der Waals surface area (Å²) in [6.07, 6.45) is 1.10. The van der Waals surface area contributed by atoms with E-state index in [0.717, 1.165) is 26.1 Å². The summed E-state index contributed by atoms with van der Waals surface area (Å²) >= 11 is 14.9. The number of hydrogen-bond donors (Lipinski definition) is 0. The summed E-state index contributed by atoms with van der Waals surface area (Å²) in [6.45, 7) is 4.46. The lowest BCUT2D eigenvalue weighted by Gasteiger charge is -2.12. The summed E-state index contributed by atoms with van der Waals surface area (Å²) in [7, 11) is 0. The van der Waals surface area contributed by atoms with Crippen molar-refractivity contribution >= 4 is 45.8 Å². The Balaban J connectivity index is 2.20. The Bertz CT molecular complexity index is 576. The Kier molecular flexibility index (Phi) is 5.76. The minimum absolute atomic E-state index is 0.155. The molecule has 1 unspecified atom stereocenters.